The van der Waals surface area contributed by atoms with Gasteiger partial charge in [-0.25, -0.2) is 18.1 Å². The second kappa shape index (κ2) is 10.3. The Morgan fingerprint density at radius 2 is 1.80 bits per heavy atom. The first-order chi connectivity index (χ1) is 11.4. The number of nitrogens with one attached hydrogen (secondary N) is 1. The lowest BCUT2D eigenvalue weighted by Gasteiger charge is -2.27. The van der Waals surface area contributed by atoms with Crippen molar-refractivity contribution in [3.63, 3.8) is 0 Å². The molecule has 0 radical (unpaired) electrons. The Morgan fingerprint density at radius 1 is 1.20 bits per heavy atom. The molecule has 0 unspecified atom stereocenters. The topological polar surface area (TPSA) is 87.8 Å². The van der Waals surface area contributed by atoms with Gasteiger partial charge in [0.05, 0.1) is 12.3 Å². The molecule has 1 aromatic rings. The number of guanidine groups is 1. The van der Waals surface area contributed by atoms with Crippen molar-refractivity contribution in [2.45, 2.75) is 51.4 Å². The molecule has 1 aromatic carbocycles. The fourth-order valence-corrected chi connectivity index (χ4v) is 4.34. The lowest BCUT2D eigenvalue weighted by Crippen LogP contribution is -2.40. The number of likely N-dealkylation sites (tertiary alicyclic amines) is 1. The van der Waals surface area contributed by atoms with Crippen molar-refractivity contribution in [3.8, 4) is 0 Å². The van der Waals surface area contributed by atoms with E-state index in [9.17, 15) is 8.42 Å². The van der Waals surface area contributed by atoms with E-state index in [1.54, 1.807) is 0 Å². The molecule has 0 amide bonds. The number of benzene rings is 1. The third kappa shape index (κ3) is 7.49. The number of hydrogen-bond acceptors (Lipinski definition) is 3. The average molecular weight is 480 g/mol. The molecule has 6 nitrogen and oxygen atoms in total. The Bertz CT molecular complexity index is 671. The Labute approximate surface area is 168 Å². The van der Waals surface area contributed by atoms with Gasteiger partial charge in [0, 0.05) is 19.1 Å². The van der Waals surface area contributed by atoms with Crippen LogP contribution in [0.2, 0.25) is 0 Å². The number of halogens is 1. The van der Waals surface area contributed by atoms with Gasteiger partial charge in [-0.2, -0.15) is 0 Å². The van der Waals surface area contributed by atoms with E-state index in [1.165, 1.54) is 6.42 Å². The fourth-order valence-electron chi connectivity index (χ4n) is 2.85. The summed E-state index contributed by atoms with van der Waals surface area (Å²) >= 11 is 0. The number of aliphatic imine (C=N–C) groups is 1. The summed E-state index contributed by atoms with van der Waals surface area (Å²) in [6, 6.07) is 7.37. The Morgan fingerprint density at radius 3 is 2.40 bits per heavy atom. The van der Waals surface area contributed by atoms with Gasteiger partial charge < -0.3 is 10.6 Å². The van der Waals surface area contributed by atoms with E-state index in [1.807, 2.05) is 38.1 Å². The van der Waals surface area contributed by atoms with Crippen molar-refractivity contribution in [1.82, 2.24) is 9.62 Å². The minimum absolute atomic E-state index is 0. The molecule has 2 rings (SSSR count). The van der Waals surface area contributed by atoms with Gasteiger partial charge in [-0.15, -0.1) is 24.0 Å². The van der Waals surface area contributed by atoms with Crippen LogP contribution in [0, 0.1) is 0 Å². The van der Waals surface area contributed by atoms with E-state index in [4.69, 9.17) is 5.73 Å². The maximum atomic E-state index is 12.2. The maximum absolute atomic E-state index is 12.2. The summed E-state index contributed by atoms with van der Waals surface area (Å²) in [6.45, 7) is 5.92. The first-order valence-corrected chi connectivity index (χ1v) is 10.1. The van der Waals surface area contributed by atoms with E-state index >= 15 is 0 Å². The molecule has 1 saturated heterocycles. The number of piperidine rings is 1. The zero-order chi connectivity index (χ0) is 17.6. The van der Waals surface area contributed by atoms with Crippen molar-refractivity contribution < 1.29 is 8.42 Å². The minimum atomic E-state index is -3.36. The van der Waals surface area contributed by atoms with E-state index in [0.29, 0.717) is 12.5 Å². The maximum Gasteiger partial charge on any atom is 0.216 e. The molecule has 0 saturated carbocycles. The second-order valence-electron chi connectivity index (χ2n) is 6.52. The Hall–Kier alpha value is -0.870. The third-order valence-corrected chi connectivity index (χ3v) is 5.49. The van der Waals surface area contributed by atoms with E-state index < -0.39 is 10.0 Å². The number of hydrogen-bond donors (Lipinski definition) is 2. The predicted molar refractivity (Wildman–Crippen MR) is 114 cm³/mol. The standard InChI is InChI=1S/C17H28N4O2S.HI/c1-14(2)20-24(22,23)13-16-9-5-4-8-15(16)12-19-17(18)21-10-6-3-7-11-21;/h4-5,8-9,14,20H,3,6-7,10-13H2,1-2H3,(H2,18,19);1H. The fraction of sp³-hybridized carbons (Fsp3) is 0.588. The van der Waals surface area contributed by atoms with Crippen molar-refractivity contribution in [2.24, 2.45) is 10.7 Å². The molecule has 1 aliphatic rings. The minimum Gasteiger partial charge on any atom is -0.370 e. The summed E-state index contributed by atoms with van der Waals surface area (Å²) < 4.78 is 27.0. The van der Waals surface area contributed by atoms with Crippen molar-refractivity contribution in [3.05, 3.63) is 35.4 Å². The van der Waals surface area contributed by atoms with Gasteiger partial charge in [0.1, 0.15) is 0 Å². The quantitative estimate of drug-likeness (QED) is 0.372. The van der Waals surface area contributed by atoms with Gasteiger partial charge >= 0.3 is 0 Å². The molecule has 0 bridgehead atoms. The molecule has 142 valence electrons. The van der Waals surface area contributed by atoms with Crippen LogP contribution in [0.25, 0.3) is 0 Å². The van der Waals surface area contributed by atoms with E-state index in [2.05, 4.69) is 14.6 Å². The molecule has 0 spiro atoms. The SMILES string of the molecule is CC(C)NS(=O)(=O)Cc1ccccc1CN=C(N)N1CCCCC1.I. The van der Waals surface area contributed by atoms with Gasteiger partial charge in [-0.05, 0) is 44.2 Å². The first-order valence-electron chi connectivity index (χ1n) is 8.49. The highest BCUT2D eigenvalue weighted by Crippen LogP contribution is 2.14. The highest BCUT2D eigenvalue weighted by molar-refractivity contribution is 14.0. The molecular weight excluding hydrogens is 451 g/mol. The molecule has 3 N–H and O–H groups in total. The van der Waals surface area contributed by atoms with Gasteiger partial charge in [0.15, 0.2) is 5.96 Å². The molecule has 1 heterocycles. The average Bonchev–Trinajstić information content (AvgIpc) is 2.53. The number of nitrogens with two attached hydrogens (primary N) is 1. The largest absolute Gasteiger partial charge is 0.370 e. The van der Waals surface area contributed by atoms with Crippen LogP contribution in [0.4, 0.5) is 0 Å². The molecular formula is C17H29IN4O2S. The predicted octanol–water partition coefficient (Wildman–Crippen LogP) is 2.43. The zero-order valence-corrected chi connectivity index (χ0v) is 18.1. The van der Waals surface area contributed by atoms with Crippen LogP contribution in [-0.4, -0.2) is 38.4 Å². The summed E-state index contributed by atoms with van der Waals surface area (Å²) in [5, 5.41) is 0. The molecule has 0 atom stereocenters. The molecule has 25 heavy (non-hydrogen) atoms. The van der Waals surface area contributed by atoms with E-state index in [0.717, 1.165) is 37.1 Å². The summed E-state index contributed by atoms with van der Waals surface area (Å²) in [6.07, 6.45) is 3.53. The molecule has 0 aliphatic carbocycles. The van der Waals surface area contributed by atoms with Crippen LogP contribution in [0.1, 0.15) is 44.2 Å². The second-order valence-corrected chi connectivity index (χ2v) is 8.28. The van der Waals surface area contributed by atoms with Crippen LogP contribution in [-0.2, 0) is 22.3 Å². The highest BCUT2D eigenvalue weighted by Gasteiger charge is 2.16. The smallest absolute Gasteiger partial charge is 0.216 e. The number of sulfonamides is 1. The van der Waals surface area contributed by atoms with Crippen LogP contribution < -0.4 is 10.5 Å². The van der Waals surface area contributed by atoms with E-state index in [-0.39, 0.29) is 35.8 Å². The van der Waals surface area contributed by atoms with Gasteiger partial charge in [-0.1, -0.05) is 24.3 Å². The van der Waals surface area contributed by atoms with Crippen molar-refractivity contribution >= 4 is 40.0 Å². The Balaban J connectivity index is 0.00000312. The van der Waals surface area contributed by atoms with Crippen LogP contribution >= 0.6 is 24.0 Å². The molecule has 8 heteroatoms. The Kier molecular flexibility index (Phi) is 9.15. The normalized spacial score (nSPS) is 16.0. The summed E-state index contributed by atoms with van der Waals surface area (Å²) in [7, 11) is -3.36. The number of nitrogens with zero attached hydrogens (tertiary/aromatic N) is 2. The van der Waals surface area contributed by atoms with Crippen LogP contribution in [0.3, 0.4) is 0 Å². The number of rotatable bonds is 6. The molecule has 1 aliphatic heterocycles. The van der Waals surface area contributed by atoms with Crippen LogP contribution in [0.15, 0.2) is 29.3 Å². The zero-order valence-electron chi connectivity index (χ0n) is 14.9. The molecule has 0 aromatic heterocycles. The van der Waals surface area contributed by atoms with Gasteiger partial charge in [-0.3, -0.25) is 0 Å². The van der Waals surface area contributed by atoms with Gasteiger partial charge in [0.25, 0.3) is 0 Å². The van der Waals surface area contributed by atoms with Gasteiger partial charge in [0.2, 0.25) is 10.0 Å². The monoisotopic (exact) mass is 480 g/mol. The van der Waals surface area contributed by atoms with Crippen molar-refractivity contribution in [1.29, 1.82) is 0 Å². The molecule has 1 fully saturated rings. The third-order valence-electron chi connectivity index (χ3n) is 3.97. The summed E-state index contributed by atoms with van der Waals surface area (Å²) in [5.74, 6) is 0.508. The van der Waals surface area contributed by atoms with Crippen molar-refractivity contribution in [2.75, 3.05) is 13.1 Å². The van der Waals surface area contributed by atoms with Crippen LogP contribution in [0.5, 0.6) is 0 Å². The summed E-state index contributed by atoms with van der Waals surface area (Å²) in [4.78, 5) is 6.58. The lowest BCUT2D eigenvalue weighted by atomic mass is 10.1. The lowest BCUT2D eigenvalue weighted by molar-refractivity contribution is 0.338. The first kappa shape index (κ1) is 22.2. The highest BCUT2D eigenvalue weighted by atomic mass is 127. The summed E-state index contributed by atoms with van der Waals surface area (Å²) in [5.41, 5.74) is 7.74.